The molecule has 0 spiro atoms. The number of rotatable bonds is 6. The number of hydrogen-bond donors (Lipinski definition) is 8. The van der Waals surface area contributed by atoms with E-state index < -0.39 is 74.6 Å². The second-order valence-corrected chi connectivity index (χ2v) is 7.11. The fourth-order valence-corrected chi connectivity index (χ4v) is 3.22. The summed E-state index contributed by atoms with van der Waals surface area (Å²) in [5.41, 5.74) is 0. The minimum atomic E-state index is -1.60. The average molecular weight is 434 g/mol. The van der Waals surface area contributed by atoms with Crippen LogP contribution in [-0.2, 0) is 9.47 Å². The van der Waals surface area contributed by atoms with E-state index in [0.29, 0.717) is 0 Å². The van der Waals surface area contributed by atoms with Crippen LogP contribution in [0.15, 0.2) is 24.3 Å². The van der Waals surface area contributed by atoms with Crippen molar-refractivity contribution in [2.75, 3.05) is 13.2 Å². The van der Waals surface area contributed by atoms with Crippen LogP contribution in [0.25, 0.3) is 0 Å². The summed E-state index contributed by atoms with van der Waals surface area (Å²) in [6.45, 7) is -1.21. The number of hydrogen-bond acceptors (Lipinski definition) is 12. The standard InChI is InChI=1S/C18H26O12/c19-5-9-11(21)13(23)15(25)17(29-9)27-7-2-1-3-8(4-7)28-18-16(26)14(24)12(22)10(6-20)30-18/h1-4,9-26H,5-6H2/t9?,10?,11-,12-,13?,14?,15?,16?,17-,18-/m1/s1. The first-order valence-corrected chi connectivity index (χ1v) is 9.31. The van der Waals surface area contributed by atoms with E-state index >= 15 is 0 Å². The molecule has 0 saturated carbocycles. The van der Waals surface area contributed by atoms with Gasteiger partial charge in [0, 0.05) is 6.07 Å². The zero-order valence-electron chi connectivity index (χ0n) is 15.7. The largest absolute Gasteiger partial charge is 0.462 e. The molecule has 2 aliphatic rings. The summed E-state index contributed by atoms with van der Waals surface area (Å²) in [5, 5.41) is 77.9. The molecule has 2 fully saturated rings. The van der Waals surface area contributed by atoms with Gasteiger partial charge in [-0.1, -0.05) is 6.07 Å². The fraction of sp³-hybridized carbons (Fsp3) is 0.667. The number of aliphatic hydroxyl groups is 8. The molecule has 2 aliphatic heterocycles. The second-order valence-electron chi connectivity index (χ2n) is 7.11. The lowest BCUT2D eigenvalue weighted by Gasteiger charge is -2.40. The Hall–Kier alpha value is -1.58. The lowest BCUT2D eigenvalue weighted by Crippen LogP contribution is -2.60. The lowest BCUT2D eigenvalue weighted by molar-refractivity contribution is -0.278. The fourth-order valence-electron chi connectivity index (χ4n) is 3.22. The Kier molecular flexibility index (Phi) is 7.47. The molecule has 0 aliphatic carbocycles. The maximum Gasteiger partial charge on any atom is 0.229 e. The van der Waals surface area contributed by atoms with Crippen LogP contribution in [0.4, 0.5) is 0 Å². The van der Waals surface area contributed by atoms with Crippen LogP contribution in [0, 0.1) is 0 Å². The summed E-state index contributed by atoms with van der Waals surface area (Å²) in [7, 11) is 0. The average Bonchev–Trinajstić information content (AvgIpc) is 2.74. The van der Waals surface area contributed by atoms with E-state index in [9.17, 15) is 40.9 Å². The molecule has 30 heavy (non-hydrogen) atoms. The van der Waals surface area contributed by atoms with Crippen LogP contribution < -0.4 is 9.47 Å². The minimum absolute atomic E-state index is 0.112. The summed E-state index contributed by atoms with van der Waals surface area (Å²) in [5.74, 6) is 0.225. The molecule has 1 aromatic carbocycles. The van der Waals surface area contributed by atoms with Gasteiger partial charge < -0.3 is 59.8 Å². The number of ether oxygens (including phenoxy) is 4. The molecule has 12 heteroatoms. The van der Waals surface area contributed by atoms with Crippen molar-refractivity contribution >= 4 is 0 Å². The van der Waals surface area contributed by atoms with E-state index in [1.165, 1.54) is 24.3 Å². The highest BCUT2D eigenvalue weighted by Gasteiger charge is 2.46. The Morgan fingerprint density at radius 1 is 0.633 bits per heavy atom. The Morgan fingerprint density at radius 2 is 1.03 bits per heavy atom. The van der Waals surface area contributed by atoms with Crippen molar-refractivity contribution in [3.8, 4) is 11.5 Å². The maximum absolute atomic E-state index is 10.1. The molecule has 12 nitrogen and oxygen atoms in total. The van der Waals surface area contributed by atoms with Gasteiger partial charge in [0.2, 0.25) is 12.6 Å². The first-order valence-electron chi connectivity index (χ1n) is 9.31. The van der Waals surface area contributed by atoms with Crippen LogP contribution >= 0.6 is 0 Å². The summed E-state index contributed by atoms with van der Waals surface area (Å²) in [6.07, 6.45) is -14.5. The quantitative estimate of drug-likeness (QED) is 0.216. The van der Waals surface area contributed by atoms with Crippen molar-refractivity contribution in [2.45, 2.75) is 61.4 Å². The smallest absolute Gasteiger partial charge is 0.229 e. The molecular weight excluding hydrogens is 408 g/mol. The van der Waals surface area contributed by atoms with Crippen molar-refractivity contribution in [3.63, 3.8) is 0 Å². The van der Waals surface area contributed by atoms with Crippen molar-refractivity contribution < 1.29 is 59.8 Å². The molecule has 0 amide bonds. The van der Waals surface area contributed by atoms with E-state index in [-0.39, 0.29) is 11.5 Å². The molecule has 6 unspecified atom stereocenters. The van der Waals surface area contributed by atoms with Crippen molar-refractivity contribution in [3.05, 3.63) is 24.3 Å². The van der Waals surface area contributed by atoms with Gasteiger partial charge in [0.25, 0.3) is 0 Å². The first kappa shape index (κ1) is 23.1. The highest BCUT2D eigenvalue weighted by Crippen LogP contribution is 2.29. The molecular formula is C18H26O12. The van der Waals surface area contributed by atoms with Crippen LogP contribution in [0.5, 0.6) is 11.5 Å². The van der Waals surface area contributed by atoms with E-state index in [0.717, 1.165) is 0 Å². The van der Waals surface area contributed by atoms with E-state index in [1.54, 1.807) is 0 Å². The van der Waals surface area contributed by atoms with Crippen LogP contribution in [0.2, 0.25) is 0 Å². The summed E-state index contributed by atoms with van der Waals surface area (Å²) in [6, 6.07) is 5.78. The predicted molar refractivity (Wildman–Crippen MR) is 95.2 cm³/mol. The molecule has 170 valence electrons. The van der Waals surface area contributed by atoms with Gasteiger partial charge in [-0.3, -0.25) is 0 Å². The number of benzene rings is 1. The predicted octanol–water partition coefficient (Wildman–Crippen LogP) is -3.96. The highest BCUT2D eigenvalue weighted by molar-refractivity contribution is 5.33. The third-order valence-corrected chi connectivity index (χ3v) is 5.01. The van der Waals surface area contributed by atoms with Gasteiger partial charge >= 0.3 is 0 Å². The number of aliphatic hydroxyl groups excluding tert-OH is 8. The third kappa shape index (κ3) is 4.68. The molecule has 3 rings (SSSR count). The zero-order valence-corrected chi connectivity index (χ0v) is 15.7. The molecule has 8 N–H and O–H groups in total. The zero-order chi connectivity index (χ0) is 22.0. The molecule has 2 saturated heterocycles. The van der Waals surface area contributed by atoms with Gasteiger partial charge in [-0.05, 0) is 12.1 Å². The summed E-state index contributed by atoms with van der Waals surface area (Å²) >= 11 is 0. The molecule has 0 aromatic heterocycles. The van der Waals surface area contributed by atoms with E-state index in [1.807, 2.05) is 0 Å². The van der Waals surface area contributed by atoms with Crippen LogP contribution in [0.1, 0.15) is 0 Å². The normalized spacial score (nSPS) is 42.0. The second kappa shape index (κ2) is 9.70. The third-order valence-electron chi connectivity index (χ3n) is 5.01. The highest BCUT2D eigenvalue weighted by atomic mass is 16.7. The maximum atomic E-state index is 10.1. The molecule has 2 heterocycles. The van der Waals surface area contributed by atoms with E-state index in [4.69, 9.17) is 18.9 Å². The first-order chi connectivity index (χ1) is 14.3. The van der Waals surface area contributed by atoms with Crippen molar-refractivity contribution in [2.24, 2.45) is 0 Å². The van der Waals surface area contributed by atoms with Gasteiger partial charge in [0.05, 0.1) is 13.2 Å². The molecule has 10 atom stereocenters. The topological polar surface area (TPSA) is 199 Å². The SMILES string of the molecule is OCC1O[C@@H](Oc2cccc(O[C@@H]3OC(CO)[C@@H](O)C(O)C3O)c2)C(O)C(O)[C@@H]1O. The van der Waals surface area contributed by atoms with Gasteiger partial charge in [-0.2, -0.15) is 0 Å². The Labute approximate surface area is 171 Å². The lowest BCUT2D eigenvalue weighted by atomic mass is 9.99. The van der Waals surface area contributed by atoms with Gasteiger partial charge in [-0.15, -0.1) is 0 Å². The molecule has 0 radical (unpaired) electrons. The molecule has 1 aromatic rings. The van der Waals surface area contributed by atoms with Gasteiger partial charge in [0.1, 0.15) is 60.3 Å². The Bertz CT molecular complexity index is 632. The van der Waals surface area contributed by atoms with Crippen molar-refractivity contribution in [1.29, 1.82) is 0 Å². The molecule has 0 bridgehead atoms. The van der Waals surface area contributed by atoms with Gasteiger partial charge in [-0.25, -0.2) is 0 Å². The van der Waals surface area contributed by atoms with E-state index in [2.05, 4.69) is 0 Å². The summed E-state index contributed by atoms with van der Waals surface area (Å²) in [4.78, 5) is 0. The Morgan fingerprint density at radius 3 is 1.40 bits per heavy atom. The monoisotopic (exact) mass is 434 g/mol. The van der Waals surface area contributed by atoms with Crippen LogP contribution in [0.3, 0.4) is 0 Å². The van der Waals surface area contributed by atoms with Crippen LogP contribution in [-0.4, -0.2) is 115 Å². The van der Waals surface area contributed by atoms with Gasteiger partial charge in [0.15, 0.2) is 0 Å². The van der Waals surface area contributed by atoms with Crippen molar-refractivity contribution in [1.82, 2.24) is 0 Å². The minimum Gasteiger partial charge on any atom is -0.462 e. The Balaban J connectivity index is 1.69. The summed E-state index contributed by atoms with van der Waals surface area (Å²) < 4.78 is 21.5.